The second kappa shape index (κ2) is 6.44. The van der Waals surface area contributed by atoms with Gasteiger partial charge in [-0.15, -0.1) is 0 Å². The maximum atomic E-state index is 9.28. The molecule has 0 atom stereocenters. The molecule has 0 unspecified atom stereocenters. The summed E-state index contributed by atoms with van der Waals surface area (Å²) in [4.78, 5) is 2.04. The summed E-state index contributed by atoms with van der Waals surface area (Å²) in [6.45, 7) is 0.676. The van der Waals surface area contributed by atoms with E-state index in [1.807, 2.05) is 54.4 Å². The van der Waals surface area contributed by atoms with E-state index in [0.717, 1.165) is 21.5 Å². The predicted molar refractivity (Wildman–Crippen MR) is 84.0 cm³/mol. The van der Waals surface area contributed by atoms with Crippen LogP contribution in [-0.2, 0) is 6.54 Å². The molecule has 0 fully saturated rings. The van der Waals surface area contributed by atoms with Gasteiger partial charge in [0.05, 0.1) is 18.4 Å². The van der Waals surface area contributed by atoms with Gasteiger partial charge >= 0.3 is 0 Å². The van der Waals surface area contributed by atoms with Crippen molar-refractivity contribution in [1.29, 1.82) is 5.26 Å². The molecule has 0 heterocycles. The Balaban J connectivity index is 2.31. The normalized spacial score (nSPS) is 9.90. The summed E-state index contributed by atoms with van der Waals surface area (Å²) in [6.07, 6.45) is 0. The van der Waals surface area contributed by atoms with Crippen molar-refractivity contribution in [2.24, 2.45) is 0 Å². The molecule has 0 aliphatic heterocycles. The van der Waals surface area contributed by atoms with Gasteiger partial charge < -0.3 is 9.64 Å². The third-order valence-corrected chi connectivity index (χ3v) is 3.78. The number of nitrogens with zero attached hydrogens (tertiary/aromatic N) is 2. The van der Waals surface area contributed by atoms with Gasteiger partial charge in [-0.05, 0) is 34.1 Å². The lowest BCUT2D eigenvalue weighted by molar-refractivity contribution is 0.409. The number of anilines is 1. The lowest BCUT2D eigenvalue weighted by Crippen LogP contribution is -2.18. The van der Waals surface area contributed by atoms with Gasteiger partial charge in [0, 0.05) is 23.6 Å². The average molecular weight is 331 g/mol. The molecule has 0 saturated heterocycles. The topological polar surface area (TPSA) is 36.3 Å². The van der Waals surface area contributed by atoms with E-state index in [0.29, 0.717) is 12.1 Å². The second-order valence-corrected chi connectivity index (χ2v) is 5.27. The van der Waals surface area contributed by atoms with Crippen molar-refractivity contribution in [3.63, 3.8) is 0 Å². The summed E-state index contributed by atoms with van der Waals surface area (Å²) in [5.41, 5.74) is 2.62. The first-order valence-electron chi connectivity index (χ1n) is 6.19. The summed E-state index contributed by atoms with van der Waals surface area (Å²) in [5.74, 6) is 0.854. The van der Waals surface area contributed by atoms with E-state index in [2.05, 4.69) is 22.0 Å². The number of rotatable bonds is 4. The molecule has 2 aromatic rings. The second-order valence-electron chi connectivity index (χ2n) is 4.41. The highest BCUT2D eigenvalue weighted by molar-refractivity contribution is 9.10. The third kappa shape index (κ3) is 2.94. The van der Waals surface area contributed by atoms with Crippen LogP contribution in [0.1, 0.15) is 11.1 Å². The molecule has 2 rings (SSSR count). The van der Waals surface area contributed by atoms with E-state index in [-0.39, 0.29) is 0 Å². The lowest BCUT2D eigenvalue weighted by Gasteiger charge is -2.22. The molecule has 0 radical (unpaired) electrons. The van der Waals surface area contributed by atoms with Crippen molar-refractivity contribution in [3.05, 3.63) is 58.1 Å². The van der Waals surface area contributed by atoms with Crippen LogP contribution in [0.15, 0.2) is 46.9 Å². The molecular formula is C16H15BrN2O. The number of para-hydroxylation sites is 1. The van der Waals surface area contributed by atoms with E-state index >= 15 is 0 Å². The highest BCUT2D eigenvalue weighted by atomic mass is 79.9. The Kier molecular flexibility index (Phi) is 4.65. The first-order valence-corrected chi connectivity index (χ1v) is 6.98. The number of hydrogen-bond donors (Lipinski definition) is 0. The minimum absolute atomic E-state index is 0.643. The van der Waals surface area contributed by atoms with E-state index in [1.165, 1.54) is 0 Å². The Morgan fingerprint density at radius 2 is 1.95 bits per heavy atom. The van der Waals surface area contributed by atoms with Gasteiger partial charge in [-0.3, -0.25) is 0 Å². The zero-order valence-electron chi connectivity index (χ0n) is 11.4. The van der Waals surface area contributed by atoms with Crippen LogP contribution in [0.25, 0.3) is 0 Å². The number of halogens is 1. The van der Waals surface area contributed by atoms with Crippen LogP contribution < -0.4 is 9.64 Å². The standard InChI is InChI=1S/C16H15BrN2O/c1-19(11-12-6-3-4-9-16(12)20-2)15-8-5-7-14(17)13(15)10-18/h3-9H,11H2,1-2H3. The smallest absolute Gasteiger partial charge is 0.123 e. The maximum Gasteiger partial charge on any atom is 0.123 e. The number of methoxy groups -OCH3 is 1. The first-order chi connectivity index (χ1) is 9.67. The van der Waals surface area contributed by atoms with Gasteiger partial charge in [0.25, 0.3) is 0 Å². The molecule has 0 amide bonds. The van der Waals surface area contributed by atoms with Crippen LogP contribution in [-0.4, -0.2) is 14.2 Å². The molecule has 0 aliphatic rings. The van der Waals surface area contributed by atoms with Gasteiger partial charge in [0.15, 0.2) is 0 Å². The summed E-state index contributed by atoms with van der Waals surface area (Å²) in [7, 11) is 3.63. The zero-order chi connectivity index (χ0) is 14.5. The van der Waals surface area contributed by atoms with Gasteiger partial charge in [-0.2, -0.15) is 5.26 Å². The number of hydrogen-bond acceptors (Lipinski definition) is 3. The molecule has 0 saturated carbocycles. The van der Waals surface area contributed by atoms with Crippen LogP contribution >= 0.6 is 15.9 Å². The molecular weight excluding hydrogens is 316 g/mol. The number of ether oxygens (including phenoxy) is 1. The summed E-state index contributed by atoms with van der Waals surface area (Å²) in [6, 6.07) is 15.9. The molecule has 20 heavy (non-hydrogen) atoms. The molecule has 2 aromatic carbocycles. The molecule has 102 valence electrons. The fraction of sp³-hybridized carbons (Fsp3) is 0.188. The minimum Gasteiger partial charge on any atom is -0.496 e. The third-order valence-electron chi connectivity index (χ3n) is 3.11. The number of benzene rings is 2. The number of nitriles is 1. The van der Waals surface area contributed by atoms with Crippen molar-refractivity contribution in [1.82, 2.24) is 0 Å². The predicted octanol–water partition coefficient (Wildman–Crippen LogP) is 3.97. The van der Waals surface area contributed by atoms with Crippen LogP contribution in [0.4, 0.5) is 5.69 Å². The minimum atomic E-state index is 0.643. The Morgan fingerprint density at radius 1 is 1.20 bits per heavy atom. The average Bonchev–Trinajstić information content (AvgIpc) is 2.47. The van der Waals surface area contributed by atoms with Crippen molar-refractivity contribution < 1.29 is 4.74 Å². The van der Waals surface area contributed by atoms with Crippen molar-refractivity contribution in [3.8, 4) is 11.8 Å². The molecule has 0 aromatic heterocycles. The Bertz CT molecular complexity index is 649. The SMILES string of the molecule is COc1ccccc1CN(C)c1cccc(Br)c1C#N. The lowest BCUT2D eigenvalue weighted by atomic mass is 10.1. The molecule has 0 aliphatic carbocycles. The summed E-state index contributed by atoms with van der Waals surface area (Å²) >= 11 is 3.42. The molecule has 0 bridgehead atoms. The van der Waals surface area contributed by atoms with Crippen molar-refractivity contribution >= 4 is 21.6 Å². The fourth-order valence-electron chi connectivity index (χ4n) is 2.12. The van der Waals surface area contributed by atoms with E-state index in [4.69, 9.17) is 4.74 Å². The highest BCUT2D eigenvalue weighted by Gasteiger charge is 2.12. The van der Waals surface area contributed by atoms with Crippen molar-refractivity contribution in [2.75, 3.05) is 19.1 Å². The van der Waals surface area contributed by atoms with E-state index in [1.54, 1.807) is 7.11 Å². The highest BCUT2D eigenvalue weighted by Crippen LogP contribution is 2.28. The van der Waals surface area contributed by atoms with Crippen LogP contribution in [0.2, 0.25) is 0 Å². The van der Waals surface area contributed by atoms with Crippen LogP contribution in [0.5, 0.6) is 5.75 Å². The first kappa shape index (κ1) is 14.4. The van der Waals surface area contributed by atoms with E-state index < -0.39 is 0 Å². The molecule has 4 heteroatoms. The molecule has 0 N–H and O–H groups in total. The molecule has 3 nitrogen and oxygen atoms in total. The van der Waals surface area contributed by atoms with Gasteiger partial charge in [0.2, 0.25) is 0 Å². The maximum absolute atomic E-state index is 9.28. The Labute approximate surface area is 127 Å². The monoisotopic (exact) mass is 330 g/mol. The summed E-state index contributed by atoms with van der Waals surface area (Å²) in [5, 5.41) is 9.28. The van der Waals surface area contributed by atoms with Gasteiger partial charge in [0.1, 0.15) is 11.8 Å². The van der Waals surface area contributed by atoms with Crippen molar-refractivity contribution in [2.45, 2.75) is 6.54 Å². The Morgan fingerprint density at radius 3 is 2.65 bits per heavy atom. The summed E-state index contributed by atoms with van der Waals surface area (Å²) < 4.78 is 6.17. The zero-order valence-corrected chi connectivity index (χ0v) is 13.0. The molecule has 0 spiro atoms. The quantitative estimate of drug-likeness (QED) is 0.851. The van der Waals surface area contributed by atoms with Crippen LogP contribution in [0.3, 0.4) is 0 Å². The Hall–Kier alpha value is -1.99. The largest absolute Gasteiger partial charge is 0.496 e. The fourth-order valence-corrected chi connectivity index (χ4v) is 2.56. The van der Waals surface area contributed by atoms with Gasteiger partial charge in [-0.25, -0.2) is 0 Å². The van der Waals surface area contributed by atoms with E-state index in [9.17, 15) is 5.26 Å². The van der Waals surface area contributed by atoms with Crippen LogP contribution in [0, 0.1) is 11.3 Å². The van der Waals surface area contributed by atoms with Gasteiger partial charge in [-0.1, -0.05) is 24.3 Å².